The van der Waals surface area contributed by atoms with Crippen LogP contribution in [0.4, 0.5) is 0 Å². The topological polar surface area (TPSA) is 57.9 Å². The molecule has 4 heteroatoms. The Kier molecular flexibility index (Phi) is 4.08. The summed E-state index contributed by atoms with van der Waals surface area (Å²) in [5.74, 6) is 0.568. The van der Waals surface area contributed by atoms with Crippen molar-refractivity contribution in [2.45, 2.75) is 26.1 Å². The standard InChI is InChI=1S/C13H17N3O/c1-10-4-6-15-8-13(10)17-9-11-3-2-5-16-12(11)7-14/h2-3,5,10,13,15H,4,6,8-9H2,1H3. The van der Waals surface area contributed by atoms with E-state index in [1.165, 1.54) is 0 Å². The predicted molar refractivity (Wildman–Crippen MR) is 64.2 cm³/mol. The van der Waals surface area contributed by atoms with E-state index in [2.05, 4.69) is 23.3 Å². The number of hydrogen-bond donors (Lipinski definition) is 1. The highest BCUT2D eigenvalue weighted by atomic mass is 16.5. The van der Waals surface area contributed by atoms with E-state index in [1.54, 1.807) is 6.20 Å². The summed E-state index contributed by atoms with van der Waals surface area (Å²) in [6.45, 7) is 4.63. The average molecular weight is 231 g/mol. The van der Waals surface area contributed by atoms with E-state index in [0.717, 1.165) is 25.1 Å². The third kappa shape index (κ3) is 3.02. The van der Waals surface area contributed by atoms with E-state index < -0.39 is 0 Å². The molecule has 2 rings (SSSR count). The first kappa shape index (κ1) is 12.0. The Morgan fingerprint density at radius 2 is 2.53 bits per heavy atom. The highest BCUT2D eigenvalue weighted by molar-refractivity contribution is 5.29. The van der Waals surface area contributed by atoms with Crippen molar-refractivity contribution in [3.05, 3.63) is 29.6 Å². The fourth-order valence-corrected chi connectivity index (χ4v) is 2.04. The van der Waals surface area contributed by atoms with Gasteiger partial charge >= 0.3 is 0 Å². The molecule has 0 radical (unpaired) electrons. The van der Waals surface area contributed by atoms with Gasteiger partial charge in [0.2, 0.25) is 0 Å². The summed E-state index contributed by atoms with van der Waals surface area (Å²) in [6.07, 6.45) is 3.01. The van der Waals surface area contributed by atoms with Crippen LogP contribution in [0.3, 0.4) is 0 Å². The Balaban J connectivity index is 1.95. The number of pyridine rings is 1. The molecule has 2 heterocycles. The number of nitrogens with zero attached hydrogens (tertiary/aromatic N) is 2. The van der Waals surface area contributed by atoms with Crippen LogP contribution >= 0.6 is 0 Å². The summed E-state index contributed by atoms with van der Waals surface area (Å²) in [6, 6.07) is 5.82. The molecule has 0 spiro atoms. The maximum Gasteiger partial charge on any atom is 0.145 e. The molecule has 2 atom stereocenters. The van der Waals surface area contributed by atoms with Crippen molar-refractivity contribution in [2.24, 2.45) is 5.92 Å². The lowest BCUT2D eigenvalue weighted by molar-refractivity contribution is -0.00677. The minimum Gasteiger partial charge on any atom is -0.372 e. The van der Waals surface area contributed by atoms with Gasteiger partial charge in [-0.1, -0.05) is 13.0 Å². The molecule has 1 aliphatic heterocycles. The molecule has 1 aliphatic rings. The molecule has 1 fully saturated rings. The lowest BCUT2D eigenvalue weighted by Gasteiger charge is -2.29. The van der Waals surface area contributed by atoms with Gasteiger partial charge in [0.1, 0.15) is 11.8 Å². The number of nitrogens with one attached hydrogen (secondary N) is 1. The molecule has 17 heavy (non-hydrogen) atoms. The normalized spacial score (nSPS) is 24.2. The first-order chi connectivity index (χ1) is 8.31. The van der Waals surface area contributed by atoms with Crippen molar-refractivity contribution in [1.82, 2.24) is 10.3 Å². The average Bonchev–Trinajstić information content (AvgIpc) is 2.38. The van der Waals surface area contributed by atoms with E-state index in [4.69, 9.17) is 10.00 Å². The second kappa shape index (κ2) is 5.76. The number of aromatic nitrogens is 1. The van der Waals surface area contributed by atoms with Crippen LogP contribution < -0.4 is 5.32 Å². The van der Waals surface area contributed by atoms with Gasteiger partial charge in [-0.2, -0.15) is 5.26 Å². The number of rotatable bonds is 3. The van der Waals surface area contributed by atoms with Gasteiger partial charge in [0.25, 0.3) is 0 Å². The molecule has 1 aromatic heterocycles. The number of piperidine rings is 1. The Bertz CT molecular complexity index is 413. The maximum absolute atomic E-state index is 8.93. The number of nitriles is 1. The van der Waals surface area contributed by atoms with Crippen molar-refractivity contribution in [2.75, 3.05) is 13.1 Å². The van der Waals surface area contributed by atoms with Crippen LogP contribution in [0.5, 0.6) is 0 Å². The molecule has 1 saturated heterocycles. The van der Waals surface area contributed by atoms with Gasteiger partial charge in [-0.15, -0.1) is 0 Å². The van der Waals surface area contributed by atoms with Crippen molar-refractivity contribution >= 4 is 0 Å². The van der Waals surface area contributed by atoms with Gasteiger partial charge in [-0.05, 0) is 24.9 Å². The van der Waals surface area contributed by atoms with Crippen LogP contribution in [0, 0.1) is 17.2 Å². The van der Waals surface area contributed by atoms with E-state index in [1.807, 2.05) is 12.1 Å². The monoisotopic (exact) mass is 231 g/mol. The number of hydrogen-bond acceptors (Lipinski definition) is 4. The zero-order chi connectivity index (χ0) is 12.1. The summed E-state index contributed by atoms with van der Waals surface area (Å²) >= 11 is 0. The molecule has 90 valence electrons. The van der Waals surface area contributed by atoms with Crippen LogP contribution in [0.1, 0.15) is 24.6 Å². The lowest BCUT2D eigenvalue weighted by Crippen LogP contribution is -2.40. The summed E-state index contributed by atoms with van der Waals surface area (Å²) in [5, 5.41) is 12.3. The van der Waals surface area contributed by atoms with Crippen LogP contribution in [0.15, 0.2) is 18.3 Å². The summed E-state index contributed by atoms with van der Waals surface area (Å²) in [4.78, 5) is 4.02. The van der Waals surface area contributed by atoms with Crippen LogP contribution in [0.2, 0.25) is 0 Å². The van der Waals surface area contributed by atoms with Gasteiger partial charge in [-0.25, -0.2) is 4.98 Å². The van der Waals surface area contributed by atoms with E-state index in [9.17, 15) is 0 Å². The first-order valence-electron chi connectivity index (χ1n) is 5.97. The Hall–Kier alpha value is -1.44. The zero-order valence-corrected chi connectivity index (χ0v) is 10.0. The van der Waals surface area contributed by atoms with E-state index in [-0.39, 0.29) is 6.10 Å². The summed E-state index contributed by atoms with van der Waals surface area (Å²) in [7, 11) is 0. The van der Waals surface area contributed by atoms with Gasteiger partial charge in [0.05, 0.1) is 12.7 Å². The van der Waals surface area contributed by atoms with Gasteiger partial charge in [-0.3, -0.25) is 0 Å². The Morgan fingerprint density at radius 1 is 1.65 bits per heavy atom. The third-order valence-corrected chi connectivity index (χ3v) is 3.21. The van der Waals surface area contributed by atoms with E-state index in [0.29, 0.717) is 18.2 Å². The quantitative estimate of drug-likeness (QED) is 0.855. The van der Waals surface area contributed by atoms with Crippen LogP contribution in [0.25, 0.3) is 0 Å². The molecule has 2 unspecified atom stereocenters. The fourth-order valence-electron chi connectivity index (χ4n) is 2.04. The van der Waals surface area contributed by atoms with Gasteiger partial charge < -0.3 is 10.1 Å². The van der Waals surface area contributed by atoms with Crippen molar-refractivity contribution in [3.8, 4) is 6.07 Å². The summed E-state index contributed by atoms with van der Waals surface area (Å²) < 4.78 is 5.87. The Labute approximate surface area is 102 Å². The maximum atomic E-state index is 8.93. The highest BCUT2D eigenvalue weighted by Crippen LogP contribution is 2.17. The molecule has 0 amide bonds. The largest absolute Gasteiger partial charge is 0.372 e. The summed E-state index contributed by atoms with van der Waals surface area (Å²) in [5.41, 5.74) is 1.33. The third-order valence-electron chi connectivity index (χ3n) is 3.21. The first-order valence-corrected chi connectivity index (χ1v) is 5.97. The molecule has 4 nitrogen and oxygen atoms in total. The van der Waals surface area contributed by atoms with Crippen molar-refractivity contribution in [1.29, 1.82) is 5.26 Å². The molecule has 0 saturated carbocycles. The second-order valence-electron chi connectivity index (χ2n) is 4.44. The second-order valence-corrected chi connectivity index (χ2v) is 4.44. The molecular weight excluding hydrogens is 214 g/mol. The molecular formula is C13H17N3O. The molecule has 0 aromatic carbocycles. The van der Waals surface area contributed by atoms with Crippen LogP contribution in [-0.4, -0.2) is 24.2 Å². The fraction of sp³-hybridized carbons (Fsp3) is 0.538. The smallest absolute Gasteiger partial charge is 0.145 e. The van der Waals surface area contributed by atoms with Gasteiger partial charge in [0.15, 0.2) is 0 Å². The highest BCUT2D eigenvalue weighted by Gasteiger charge is 2.21. The molecule has 1 N–H and O–H groups in total. The van der Waals surface area contributed by atoms with Crippen molar-refractivity contribution < 1.29 is 4.74 Å². The zero-order valence-electron chi connectivity index (χ0n) is 10.0. The van der Waals surface area contributed by atoms with Gasteiger partial charge in [0, 0.05) is 18.3 Å². The predicted octanol–water partition coefficient (Wildman–Crippen LogP) is 1.47. The minimum atomic E-state index is 0.232. The van der Waals surface area contributed by atoms with E-state index >= 15 is 0 Å². The van der Waals surface area contributed by atoms with Crippen molar-refractivity contribution in [3.63, 3.8) is 0 Å². The molecule has 0 bridgehead atoms. The SMILES string of the molecule is CC1CCNCC1OCc1cccnc1C#N. The molecule has 0 aliphatic carbocycles. The Morgan fingerprint density at radius 3 is 3.29 bits per heavy atom. The number of ether oxygens (including phenoxy) is 1. The molecule has 1 aromatic rings. The minimum absolute atomic E-state index is 0.232. The lowest BCUT2D eigenvalue weighted by atomic mass is 9.97. The van der Waals surface area contributed by atoms with Crippen LogP contribution in [-0.2, 0) is 11.3 Å².